The molecule has 6 nitrogen and oxygen atoms in total. The van der Waals surface area contributed by atoms with Crippen LogP contribution in [0.25, 0.3) is 0 Å². The number of benzene rings is 3. The van der Waals surface area contributed by atoms with E-state index >= 15 is 0 Å². The molecular weight excluding hydrogens is 486 g/mol. The summed E-state index contributed by atoms with van der Waals surface area (Å²) in [4.78, 5) is 31.0. The molecule has 2 heterocycles. The second-order valence-electron chi connectivity index (χ2n) is 11.1. The number of amides is 2. The summed E-state index contributed by atoms with van der Waals surface area (Å²) in [6.07, 6.45) is 1.91. The van der Waals surface area contributed by atoms with Crippen LogP contribution in [-0.2, 0) is 6.54 Å². The van der Waals surface area contributed by atoms with E-state index in [0.29, 0.717) is 30.8 Å². The van der Waals surface area contributed by atoms with Gasteiger partial charge < -0.3 is 24.6 Å². The summed E-state index contributed by atoms with van der Waals surface area (Å²) < 4.78 is 0. The van der Waals surface area contributed by atoms with E-state index in [1.54, 1.807) is 0 Å². The molecule has 0 aromatic heterocycles. The summed E-state index contributed by atoms with van der Waals surface area (Å²) in [5.41, 5.74) is 3.05. The predicted octanol–water partition coefficient (Wildman–Crippen LogP) is 4.49. The maximum absolute atomic E-state index is 13.3. The number of hydrogen-bond donors (Lipinski definition) is 0. The van der Waals surface area contributed by atoms with E-state index in [0.717, 1.165) is 63.1 Å². The summed E-state index contributed by atoms with van der Waals surface area (Å²) in [5.74, 6) is 1.34. The van der Waals surface area contributed by atoms with E-state index in [2.05, 4.69) is 29.2 Å². The first kappa shape index (κ1) is 26.9. The Labute approximate surface area is 231 Å². The molecule has 3 aromatic rings. The molecule has 2 fully saturated rings. The summed E-state index contributed by atoms with van der Waals surface area (Å²) in [6, 6.07) is 29.9. The van der Waals surface area contributed by atoms with Crippen LogP contribution in [0.5, 0.6) is 0 Å². The monoisotopic (exact) mass is 524 g/mol. The number of piperidine rings is 1. The second-order valence-corrected chi connectivity index (χ2v) is 11.1. The van der Waals surface area contributed by atoms with Gasteiger partial charge in [-0.3, -0.25) is 4.79 Å². The zero-order valence-corrected chi connectivity index (χ0v) is 22.5. The summed E-state index contributed by atoms with van der Waals surface area (Å²) in [7, 11) is 0. The third-order valence-corrected chi connectivity index (χ3v) is 8.46. The Morgan fingerprint density at radius 2 is 1.44 bits per heavy atom. The van der Waals surface area contributed by atoms with Gasteiger partial charge in [0.05, 0.1) is 0 Å². The van der Waals surface area contributed by atoms with Crippen molar-refractivity contribution in [1.82, 2.24) is 14.7 Å². The van der Waals surface area contributed by atoms with Crippen LogP contribution in [-0.4, -0.2) is 66.0 Å². The van der Waals surface area contributed by atoms with Crippen LogP contribution in [0.2, 0.25) is 0 Å². The highest BCUT2D eigenvalue weighted by molar-refractivity contribution is 5.94. The van der Waals surface area contributed by atoms with Gasteiger partial charge in [0.2, 0.25) is 0 Å². The molecule has 2 aliphatic rings. The molecule has 39 heavy (non-hydrogen) atoms. The molecule has 0 bridgehead atoms. The molecule has 3 aromatic carbocycles. The van der Waals surface area contributed by atoms with Crippen LogP contribution in [0.3, 0.4) is 0 Å². The molecule has 0 radical (unpaired) electrons. The Morgan fingerprint density at radius 1 is 0.821 bits per heavy atom. The highest BCUT2D eigenvalue weighted by Crippen LogP contribution is 2.35. The fraction of sp³-hybridized carbons (Fsp3) is 0.394. The van der Waals surface area contributed by atoms with Gasteiger partial charge in [-0.2, -0.15) is 0 Å². The Morgan fingerprint density at radius 3 is 2.08 bits per heavy atom. The Bertz CT molecular complexity index is 1200. The molecule has 204 valence electrons. The second kappa shape index (κ2) is 12.9. The normalized spacial score (nSPS) is 20.2. The van der Waals surface area contributed by atoms with Gasteiger partial charge in [-0.15, -0.1) is 0 Å². The third kappa shape index (κ3) is 7.07. The molecule has 0 aliphatic carbocycles. The molecule has 2 aliphatic heterocycles. The van der Waals surface area contributed by atoms with Gasteiger partial charge in [0.15, 0.2) is 0 Å². The standard InChI is InChI=1S/C33H39N3O3/c37-32(29-14-8-3-9-15-29)36-24-30(31(25-36)28-12-6-2-7-13-28)23-34-19-16-26(17-20-34)18-21-35(33(38)39)22-27-10-4-1-5-11-27/h1-15,26,30-31H,16-25H2,(H,38,39)/p-1/t30-,31+/m0/s1. The Balaban J connectivity index is 1.15. The minimum Gasteiger partial charge on any atom is -0.530 e. The molecule has 2 atom stereocenters. The van der Waals surface area contributed by atoms with Crippen LogP contribution < -0.4 is 5.11 Å². The average molecular weight is 525 g/mol. The number of likely N-dealkylation sites (tertiary alicyclic amines) is 2. The fourth-order valence-corrected chi connectivity index (χ4v) is 6.23. The lowest BCUT2D eigenvalue weighted by Gasteiger charge is -2.35. The fourth-order valence-electron chi connectivity index (χ4n) is 6.23. The lowest BCUT2D eigenvalue weighted by Crippen LogP contribution is -2.43. The van der Waals surface area contributed by atoms with Gasteiger partial charge in [0.25, 0.3) is 5.91 Å². The Hall–Kier alpha value is -3.64. The number of carboxylic acid groups (broad SMARTS) is 1. The van der Waals surface area contributed by atoms with Gasteiger partial charge in [-0.1, -0.05) is 78.9 Å². The van der Waals surface area contributed by atoms with E-state index in [4.69, 9.17) is 0 Å². The van der Waals surface area contributed by atoms with Crippen LogP contribution in [0.4, 0.5) is 4.79 Å². The third-order valence-electron chi connectivity index (χ3n) is 8.46. The maximum atomic E-state index is 13.3. The first-order valence-electron chi connectivity index (χ1n) is 14.2. The van der Waals surface area contributed by atoms with Gasteiger partial charge >= 0.3 is 0 Å². The number of nitrogens with zero attached hydrogens (tertiary/aromatic N) is 3. The summed E-state index contributed by atoms with van der Waals surface area (Å²) in [5, 5.41) is 11.7. The largest absolute Gasteiger partial charge is 0.530 e. The van der Waals surface area contributed by atoms with Crippen LogP contribution in [0, 0.1) is 11.8 Å². The number of carbonyl (C=O) groups excluding carboxylic acids is 2. The first-order valence-corrected chi connectivity index (χ1v) is 14.2. The first-order chi connectivity index (χ1) is 19.1. The zero-order valence-electron chi connectivity index (χ0n) is 22.5. The van der Waals surface area contributed by atoms with Gasteiger partial charge in [-0.25, -0.2) is 0 Å². The molecule has 0 spiro atoms. The van der Waals surface area contributed by atoms with Crippen molar-refractivity contribution < 1.29 is 14.7 Å². The van der Waals surface area contributed by atoms with E-state index in [9.17, 15) is 14.7 Å². The average Bonchev–Trinajstić information content (AvgIpc) is 3.40. The molecule has 0 unspecified atom stereocenters. The van der Waals surface area contributed by atoms with Crippen molar-refractivity contribution in [2.24, 2.45) is 11.8 Å². The molecule has 6 heteroatoms. The van der Waals surface area contributed by atoms with Crippen LogP contribution in [0.1, 0.15) is 46.7 Å². The van der Waals surface area contributed by atoms with E-state index in [-0.39, 0.29) is 5.91 Å². The smallest absolute Gasteiger partial charge is 0.253 e. The molecule has 5 rings (SSSR count). The summed E-state index contributed by atoms with van der Waals surface area (Å²) >= 11 is 0. The van der Waals surface area contributed by atoms with Crippen molar-refractivity contribution in [2.75, 3.05) is 39.3 Å². The molecule has 0 N–H and O–H groups in total. The number of rotatable bonds is 9. The lowest BCUT2D eigenvalue weighted by molar-refractivity contribution is -0.266. The van der Waals surface area contributed by atoms with Crippen molar-refractivity contribution >= 4 is 12.0 Å². The zero-order chi connectivity index (χ0) is 27.0. The topological polar surface area (TPSA) is 66.9 Å². The van der Waals surface area contributed by atoms with E-state index < -0.39 is 6.09 Å². The minimum atomic E-state index is -1.10. The summed E-state index contributed by atoms with van der Waals surface area (Å²) in [6.45, 7) is 5.41. The lowest BCUT2D eigenvalue weighted by atomic mass is 9.87. The van der Waals surface area contributed by atoms with Crippen molar-refractivity contribution in [1.29, 1.82) is 0 Å². The minimum absolute atomic E-state index is 0.116. The van der Waals surface area contributed by atoms with Crippen molar-refractivity contribution in [3.63, 3.8) is 0 Å². The predicted molar refractivity (Wildman–Crippen MR) is 151 cm³/mol. The van der Waals surface area contributed by atoms with Crippen molar-refractivity contribution in [2.45, 2.75) is 31.7 Å². The van der Waals surface area contributed by atoms with Crippen LogP contribution >= 0.6 is 0 Å². The highest BCUT2D eigenvalue weighted by Gasteiger charge is 2.37. The van der Waals surface area contributed by atoms with Crippen LogP contribution in [0.15, 0.2) is 91.0 Å². The molecule has 2 amide bonds. The van der Waals surface area contributed by atoms with Gasteiger partial charge in [0.1, 0.15) is 6.09 Å². The highest BCUT2D eigenvalue weighted by atomic mass is 16.4. The van der Waals surface area contributed by atoms with Gasteiger partial charge in [0, 0.05) is 44.2 Å². The van der Waals surface area contributed by atoms with Crippen molar-refractivity contribution in [3.8, 4) is 0 Å². The Kier molecular flexibility index (Phi) is 8.94. The number of hydrogen-bond acceptors (Lipinski definition) is 4. The van der Waals surface area contributed by atoms with E-state index in [1.165, 1.54) is 10.5 Å². The SMILES string of the molecule is O=C([O-])N(CCC1CCN(C[C@H]2CN(C(=O)c3ccccc3)C[C@@H]2c2ccccc2)CC1)Cc1ccccc1. The molecule has 0 saturated carbocycles. The van der Waals surface area contributed by atoms with Gasteiger partial charge in [-0.05, 0) is 67.4 Å². The van der Waals surface area contributed by atoms with E-state index in [1.807, 2.05) is 71.6 Å². The quantitative estimate of drug-likeness (QED) is 0.414. The molecule has 2 saturated heterocycles. The maximum Gasteiger partial charge on any atom is 0.253 e. The van der Waals surface area contributed by atoms with Crippen molar-refractivity contribution in [3.05, 3.63) is 108 Å². The molecular formula is C33H38N3O3-. The number of carbonyl (C=O) groups is 2.